The number of ether oxygens (including phenoxy) is 1. The van der Waals surface area contributed by atoms with Crippen molar-refractivity contribution in [3.8, 4) is 0 Å². The Hall–Kier alpha value is -0.340. The van der Waals surface area contributed by atoms with E-state index in [0.29, 0.717) is 5.41 Å². The van der Waals surface area contributed by atoms with Gasteiger partial charge in [0.25, 0.3) is 0 Å². The van der Waals surface area contributed by atoms with Gasteiger partial charge < -0.3 is 10.1 Å². The second-order valence-corrected chi connectivity index (χ2v) is 7.49. The Balaban J connectivity index is 1.63. The molecule has 2 fully saturated rings. The minimum atomic E-state index is 0.512. The first-order chi connectivity index (χ1) is 9.79. The van der Waals surface area contributed by atoms with Crippen LogP contribution in [-0.2, 0) is 4.74 Å². The molecule has 0 saturated heterocycles. The van der Waals surface area contributed by atoms with Crippen molar-refractivity contribution >= 4 is 0 Å². The highest BCUT2D eigenvalue weighted by Gasteiger charge is 2.55. The number of methoxy groups -OCH3 is 1. The zero-order valence-corrected chi connectivity index (χ0v) is 13.2. The number of hydrogen-bond acceptors (Lipinski definition) is 2. The summed E-state index contributed by atoms with van der Waals surface area (Å²) in [6.45, 7) is 3.02. The first-order valence-electron chi connectivity index (χ1n) is 8.68. The average Bonchev–Trinajstić information content (AvgIpc) is 2.93. The third-order valence-electron chi connectivity index (χ3n) is 6.01. The molecule has 0 aliphatic heterocycles. The zero-order valence-electron chi connectivity index (χ0n) is 13.2. The van der Waals surface area contributed by atoms with Gasteiger partial charge in [-0.1, -0.05) is 24.5 Å². The predicted octanol–water partition coefficient (Wildman–Crippen LogP) is 4.06. The lowest BCUT2D eigenvalue weighted by Gasteiger charge is -2.57. The summed E-state index contributed by atoms with van der Waals surface area (Å²) < 4.78 is 5.17. The first kappa shape index (κ1) is 14.6. The molecule has 20 heavy (non-hydrogen) atoms. The molecule has 0 atom stereocenters. The molecule has 3 aliphatic rings. The highest BCUT2D eigenvalue weighted by atomic mass is 16.5. The maximum atomic E-state index is 5.17. The van der Waals surface area contributed by atoms with Gasteiger partial charge in [0, 0.05) is 25.6 Å². The molecule has 1 spiro atoms. The van der Waals surface area contributed by atoms with Crippen LogP contribution in [0.25, 0.3) is 0 Å². The molecule has 114 valence electrons. The SMILES string of the molecule is COCCNCC1(C2=CCCCC2)CC2(CCCC2)C1. The number of rotatable bonds is 6. The highest BCUT2D eigenvalue weighted by Crippen LogP contribution is 2.65. The molecule has 2 heteroatoms. The molecule has 0 heterocycles. The maximum Gasteiger partial charge on any atom is 0.0587 e. The molecule has 3 rings (SSSR count). The third kappa shape index (κ3) is 2.82. The number of hydrogen-bond donors (Lipinski definition) is 1. The quantitative estimate of drug-likeness (QED) is 0.584. The molecule has 0 aromatic carbocycles. The molecular weight excluding hydrogens is 246 g/mol. The molecule has 0 aromatic rings. The van der Waals surface area contributed by atoms with Gasteiger partial charge in [0.2, 0.25) is 0 Å². The second kappa shape index (κ2) is 6.19. The summed E-state index contributed by atoms with van der Waals surface area (Å²) in [7, 11) is 1.79. The minimum absolute atomic E-state index is 0.512. The molecule has 0 amide bonds. The van der Waals surface area contributed by atoms with Crippen LogP contribution < -0.4 is 5.32 Å². The molecule has 0 bridgehead atoms. The van der Waals surface area contributed by atoms with Crippen molar-refractivity contribution in [1.82, 2.24) is 5.32 Å². The Kier molecular flexibility index (Phi) is 4.52. The van der Waals surface area contributed by atoms with E-state index < -0.39 is 0 Å². The van der Waals surface area contributed by atoms with Crippen molar-refractivity contribution in [2.24, 2.45) is 10.8 Å². The average molecular weight is 277 g/mol. The van der Waals surface area contributed by atoms with E-state index in [9.17, 15) is 0 Å². The van der Waals surface area contributed by atoms with Gasteiger partial charge in [-0.15, -0.1) is 0 Å². The molecule has 0 radical (unpaired) electrons. The van der Waals surface area contributed by atoms with Crippen LogP contribution in [0.5, 0.6) is 0 Å². The standard InChI is InChI=1S/C18H31NO/c1-20-12-11-19-15-18(16-7-3-2-4-8-16)13-17(14-18)9-5-6-10-17/h7,19H,2-6,8-15H2,1H3. The van der Waals surface area contributed by atoms with E-state index in [1.165, 1.54) is 70.8 Å². The zero-order chi connectivity index (χ0) is 13.9. The molecule has 2 saturated carbocycles. The molecular formula is C18H31NO. The van der Waals surface area contributed by atoms with Gasteiger partial charge in [0.15, 0.2) is 0 Å². The summed E-state index contributed by atoms with van der Waals surface area (Å²) >= 11 is 0. The summed E-state index contributed by atoms with van der Waals surface area (Å²) in [5, 5.41) is 3.67. The number of nitrogens with one attached hydrogen (secondary N) is 1. The largest absolute Gasteiger partial charge is 0.383 e. The van der Waals surface area contributed by atoms with Gasteiger partial charge in [-0.25, -0.2) is 0 Å². The van der Waals surface area contributed by atoms with E-state index in [2.05, 4.69) is 11.4 Å². The predicted molar refractivity (Wildman–Crippen MR) is 83.9 cm³/mol. The maximum absolute atomic E-state index is 5.17. The topological polar surface area (TPSA) is 21.3 Å². The lowest BCUT2D eigenvalue weighted by molar-refractivity contribution is -0.0106. The van der Waals surface area contributed by atoms with Crippen LogP contribution in [0.4, 0.5) is 0 Å². The Morgan fingerprint density at radius 3 is 2.60 bits per heavy atom. The first-order valence-corrected chi connectivity index (χ1v) is 8.68. The van der Waals surface area contributed by atoms with Gasteiger partial charge in [-0.2, -0.15) is 0 Å². The van der Waals surface area contributed by atoms with Gasteiger partial charge in [-0.3, -0.25) is 0 Å². The van der Waals surface area contributed by atoms with Crippen molar-refractivity contribution in [2.45, 2.75) is 64.2 Å². The summed E-state index contributed by atoms with van der Waals surface area (Å²) in [5.74, 6) is 0. The minimum Gasteiger partial charge on any atom is -0.383 e. The van der Waals surface area contributed by atoms with Crippen LogP contribution in [0.15, 0.2) is 11.6 Å². The van der Waals surface area contributed by atoms with Crippen molar-refractivity contribution in [1.29, 1.82) is 0 Å². The van der Waals surface area contributed by atoms with E-state index >= 15 is 0 Å². The fourth-order valence-electron chi connectivity index (χ4n) is 5.15. The van der Waals surface area contributed by atoms with Crippen LogP contribution in [0, 0.1) is 10.8 Å². The molecule has 1 N–H and O–H groups in total. The Labute approximate surface area is 124 Å². The van der Waals surface area contributed by atoms with Crippen molar-refractivity contribution in [2.75, 3.05) is 26.8 Å². The van der Waals surface area contributed by atoms with E-state index in [-0.39, 0.29) is 0 Å². The Morgan fingerprint density at radius 1 is 1.15 bits per heavy atom. The van der Waals surface area contributed by atoms with Gasteiger partial charge in [0.05, 0.1) is 6.61 Å². The summed E-state index contributed by atoms with van der Waals surface area (Å²) in [4.78, 5) is 0. The lowest BCUT2D eigenvalue weighted by atomic mass is 9.48. The van der Waals surface area contributed by atoms with Crippen molar-refractivity contribution < 1.29 is 4.74 Å². The van der Waals surface area contributed by atoms with Crippen LogP contribution in [-0.4, -0.2) is 26.8 Å². The fraction of sp³-hybridized carbons (Fsp3) is 0.889. The number of allylic oxidation sites excluding steroid dienone is 1. The molecule has 0 aromatic heterocycles. The lowest BCUT2D eigenvalue weighted by Crippen LogP contribution is -2.52. The molecule has 3 aliphatic carbocycles. The fourth-order valence-corrected chi connectivity index (χ4v) is 5.15. The second-order valence-electron chi connectivity index (χ2n) is 7.49. The van der Waals surface area contributed by atoms with E-state index in [4.69, 9.17) is 4.74 Å². The van der Waals surface area contributed by atoms with Crippen LogP contribution in [0.2, 0.25) is 0 Å². The third-order valence-corrected chi connectivity index (χ3v) is 6.01. The van der Waals surface area contributed by atoms with E-state index in [1.54, 1.807) is 12.7 Å². The highest BCUT2D eigenvalue weighted by molar-refractivity contribution is 5.25. The van der Waals surface area contributed by atoms with Crippen LogP contribution in [0.1, 0.15) is 64.2 Å². The van der Waals surface area contributed by atoms with Crippen molar-refractivity contribution in [3.63, 3.8) is 0 Å². The van der Waals surface area contributed by atoms with Gasteiger partial charge in [-0.05, 0) is 56.8 Å². The summed E-state index contributed by atoms with van der Waals surface area (Å²) in [5.41, 5.74) is 3.05. The summed E-state index contributed by atoms with van der Waals surface area (Å²) in [6.07, 6.45) is 17.0. The van der Waals surface area contributed by atoms with Crippen LogP contribution in [0.3, 0.4) is 0 Å². The molecule has 2 nitrogen and oxygen atoms in total. The van der Waals surface area contributed by atoms with Gasteiger partial charge >= 0.3 is 0 Å². The van der Waals surface area contributed by atoms with E-state index in [0.717, 1.165) is 18.6 Å². The van der Waals surface area contributed by atoms with Gasteiger partial charge in [0.1, 0.15) is 0 Å². The van der Waals surface area contributed by atoms with Crippen molar-refractivity contribution in [3.05, 3.63) is 11.6 Å². The van der Waals surface area contributed by atoms with E-state index in [1.807, 2.05) is 0 Å². The Bertz CT molecular complexity index is 346. The van der Waals surface area contributed by atoms with Crippen LogP contribution >= 0.6 is 0 Å². The smallest absolute Gasteiger partial charge is 0.0587 e. The molecule has 0 unspecified atom stereocenters. The monoisotopic (exact) mass is 277 g/mol. The summed E-state index contributed by atoms with van der Waals surface area (Å²) in [6, 6.07) is 0. The normalized spacial score (nSPS) is 27.4. The Morgan fingerprint density at radius 2 is 1.95 bits per heavy atom.